The average Bonchev–Trinajstić information content (AvgIpc) is 2.39. The zero-order valence-corrected chi connectivity index (χ0v) is 14.3. The van der Waals surface area contributed by atoms with Crippen molar-refractivity contribution in [1.82, 2.24) is 0 Å². The molecule has 4 heteroatoms. The number of rotatable bonds is 7. The Hall–Kier alpha value is -0.670. The van der Waals surface area contributed by atoms with Gasteiger partial charge in [0.05, 0.1) is 5.02 Å². The molecule has 1 aromatic carbocycles. The van der Waals surface area contributed by atoms with Gasteiger partial charge in [-0.2, -0.15) is 0 Å². The fourth-order valence-corrected chi connectivity index (χ4v) is 5.53. The van der Waals surface area contributed by atoms with Crippen molar-refractivity contribution in [3.05, 3.63) is 29.3 Å². The van der Waals surface area contributed by atoms with Crippen molar-refractivity contribution < 1.29 is 9.90 Å². The molecule has 1 aromatic rings. The van der Waals surface area contributed by atoms with Crippen LogP contribution in [0, 0.1) is 5.41 Å². The van der Waals surface area contributed by atoms with Crippen LogP contribution in [0.3, 0.4) is 0 Å². The topological polar surface area (TPSA) is 37.3 Å². The summed E-state index contributed by atoms with van der Waals surface area (Å²) in [6, 6.07) is 7.52. The highest BCUT2D eigenvalue weighted by atomic mass is 35.5. The van der Waals surface area contributed by atoms with E-state index in [0.717, 1.165) is 43.4 Å². The van der Waals surface area contributed by atoms with E-state index in [-0.39, 0.29) is 5.41 Å². The number of benzene rings is 1. The van der Waals surface area contributed by atoms with Crippen molar-refractivity contribution in [2.24, 2.45) is 5.41 Å². The summed E-state index contributed by atoms with van der Waals surface area (Å²) in [5.74, 6) is -0.699. The van der Waals surface area contributed by atoms with Crippen LogP contribution >= 0.6 is 23.4 Å². The quantitative estimate of drug-likeness (QED) is 0.705. The molecule has 0 amide bonds. The molecule has 0 heterocycles. The highest BCUT2D eigenvalue weighted by molar-refractivity contribution is 8.01. The second-order valence-electron chi connectivity index (χ2n) is 6.19. The van der Waals surface area contributed by atoms with Crippen LogP contribution in [0.25, 0.3) is 0 Å². The van der Waals surface area contributed by atoms with Gasteiger partial charge in [0.1, 0.15) is 4.75 Å². The molecule has 0 atom stereocenters. The first-order valence-electron chi connectivity index (χ1n) is 7.64. The van der Waals surface area contributed by atoms with Crippen molar-refractivity contribution in [3.8, 4) is 0 Å². The van der Waals surface area contributed by atoms with Gasteiger partial charge in [0.15, 0.2) is 0 Å². The number of halogens is 1. The summed E-state index contributed by atoms with van der Waals surface area (Å²) in [6.07, 6.45) is 6.00. The lowest BCUT2D eigenvalue weighted by Crippen LogP contribution is -2.54. The highest BCUT2D eigenvalue weighted by Crippen LogP contribution is 2.62. The van der Waals surface area contributed by atoms with Crippen molar-refractivity contribution in [1.29, 1.82) is 0 Å². The molecule has 116 valence electrons. The van der Waals surface area contributed by atoms with E-state index in [4.69, 9.17) is 11.6 Å². The minimum Gasteiger partial charge on any atom is -0.480 e. The first kappa shape index (κ1) is 16.7. The first-order valence-corrected chi connectivity index (χ1v) is 8.83. The second kappa shape index (κ2) is 6.62. The summed E-state index contributed by atoms with van der Waals surface area (Å²) >= 11 is 7.63. The second-order valence-corrected chi connectivity index (χ2v) is 8.02. The van der Waals surface area contributed by atoms with E-state index in [1.54, 1.807) is 0 Å². The number of carboxylic acid groups (broad SMARTS) is 1. The predicted octanol–water partition coefficient (Wildman–Crippen LogP) is 5.64. The standard InChI is InChI=1S/C17H23ClO2S/c1-3-9-16(10-4-2)11-17(12-16,15(19)20)21-14-8-6-5-7-13(14)18/h5-8H,3-4,9-12H2,1-2H3,(H,19,20). The SMILES string of the molecule is CCCC1(CCC)CC(Sc2ccccc2Cl)(C(=O)O)C1. The zero-order valence-electron chi connectivity index (χ0n) is 12.7. The maximum absolute atomic E-state index is 11.9. The minimum atomic E-state index is -0.699. The Kier molecular flexibility index (Phi) is 5.26. The number of carboxylic acids is 1. The van der Waals surface area contributed by atoms with Crippen LogP contribution in [-0.4, -0.2) is 15.8 Å². The van der Waals surface area contributed by atoms with E-state index < -0.39 is 10.7 Å². The third-order valence-corrected chi connectivity index (χ3v) is 6.29. The third kappa shape index (κ3) is 3.40. The molecule has 21 heavy (non-hydrogen) atoms. The predicted molar refractivity (Wildman–Crippen MR) is 89.2 cm³/mol. The molecule has 1 saturated carbocycles. The van der Waals surface area contributed by atoms with Crippen LogP contribution in [0.5, 0.6) is 0 Å². The van der Waals surface area contributed by atoms with Gasteiger partial charge in [-0.25, -0.2) is 0 Å². The molecule has 0 radical (unpaired) electrons. The number of hydrogen-bond donors (Lipinski definition) is 1. The van der Waals surface area contributed by atoms with Gasteiger partial charge in [-0.1, -0.05) is 50.4 Å². The van der Waals surface area contributed by atoms with Gasteiger partial charge in [-0.05, 0) is 43.2 Å². The molecule has 1 fully saturated rings. The molecule has 0 spiro atoms. The fraction of sp³-hybridized carbons (Fsp3) is 0.588. The highest BCUT2D eigenvalue weighted by Gasteiger charge is 2.58. The van der Waals surface area contributed by atoms with E-state index in [9.17, 15) is 9.90 Å². The zero-order chi connectivity index (χ0) is 15.5. The molecule has 1 N–H and O–H groups in total. The lowest BCUT2D eigenvalue weighted by Gasteiger charge is -2.54. The Balaban J connectivity index is 2.18. The third-order valence-electron chi connectivity index (χ3n) is 4.41. The molecule has 0 aromatic heterocycles. The normalized spacial score (nSPS) is 19.0. The minimum absolute atomic E-state index is 0.218. The van der Waals surface area contributed by atoms with Crippen LogP contribution < -0.4 is 0 Å². The van der Waals surface area contributed by atoms with E-state index in [0.29, 0.717) is 5.02 Å². The van der Waals surface area contributed by atoms with Gasteiger partial charge in [0.25, 0.3) is 0 Å². The molecule has 0 saturated heterocycles. The van der Waals surface area contributed by atoms with Gasteiger partial charge in [-0.3, -0.25) is 4.79 Å². The smallest absolute Gasteiger partial charge is 0.320 e. The number of hydrogen-bond acceptors (Lipinski definition) is 2. The summed E-state index contributed by atoms with van der Waals surface area (Å²) in [6.45, 7) is 4.36. The largest absolute Gasteiger partial charge is 0.480 e. The van der Waals surface area contributed by atoms with E-state index in [1.165, 1.54) is 11.8 Å². The van der Waals surface area contributed by atoms with Gasteiger partial charge >= 0.3 is 5.97 Å². The molecule has 0 bridgehead atoms. The number of thioether (sulfide) groups is 1. The average molecular weight is 327 g/mol. The van der Waals surface area contributed by atoms with Crippen molar-refractivity contribution in [3.63, 3.8) is 0 Å². The lowest BCUT2D eigenvalue weighted by atomic mass is 9.57. The Morgan fingerprint density at radius 3 is 2.29 bits per heavy atom. The Morgan fingerprint density at radius 1 is 1.24 bits per heavy atom. The molecular formula is C17H23ClO2S. The van der Waals surface area contributed by atoms with E-state index in [1.807, 2.05) is 24.3 Å². The van der Waals surface area contributed by atoms with E-state index in [2.05, 4.69) is 13.8 Å². The molecule has 1 aliphatic rings. The van der Waals surface area contributed by atoms with Gasteiger partial charge in [0.2, 0.25) is 0 Å². The maximum atomic E-state index is 11.9. The van der Waals surface area contributed by atoms with Crippen LogP contribution in [0.15, 0.2) is 29.2 Å². The summed E-state index contributed by atoms with van der Waals surface area (Å²) < 4.78 is -0.699. The van der Waals surface area contributed by atoms with Gasteiger partial charge in [0, 0.05) is 4.90 Å². The van der Waals surface area contributed by atoms with Crippen molar-refractivity contribution >= 4 is 29.3 Å². The van der Waals surface area contributed by atoms with Crippen molar-refractivity contribution in [2.75, 3.05) is 0 Å². The van der Waals surface area contributed by atoms with Crippen molar-refractivity contribution in [2.45, 2.75) is 62.0 Å². The number of aliphatic carboxylic acids is 1. The van der Waals surface area contributed by atoms with E-state index >= 15 is 0 Å². The lowest BCUT2D eigenvalue weighted by molar-refractivity contribution is -0.147. The monoisotopic (exact) mass is 326 g/mol. The fourth-order valence-electron chi connectivity index (χ4n) is 3.70. The summed E-state index contributed by atoms with van der Waals surface area (Å²) in [4.78, 5) is 12.7. The summed E-state index contributed by atoms with van der Waals surface area (Å²) in [7, 11) is 0. The molecule has 0 aliphatic heterocycles. The maximum Gasteiger partial charge on any atom is 0.320 e. The van der Waals surface area contributed by atoms with Gasteiger partial charge < -0.3 is 5.11 Å². The first-order chi connectivity index (χ1) is 9.97. The van der Waals surface area contributed by atoms with Crippen LogP contribution in [0.1, 0.15) is 52.4 Å². The Morgan fingerprint density at radius 2 is 1.81 bits per heavy atom. The van der Waals surface area contributed by atoms with Crippen LogP contribution in [-0.2, 0) is 4.79 Å². The molecular weight excluding hydrogens is 304 g/mol. The Labute approximate surface area is 136 Å². The molecule has 2 rings (SSSR count). The number of carbonyl (C=O) groups is 1. The molecule has 1 aliphatic carbocycles. The molecule has 0 unspecified atom stereocenters. The van der Waals surface area contributed by atoms with Gasteiger partial charge in [-0.15, -0.1) is 11.8 Å². The summed E-state index contributed by atoms with van der Waals surface area (Å²) in [5, 5.41) is 10.4. The Bertz CT molecular complexity index is 501. The van der Waals surface area contributed by atoms with Crippen LogP contribution in [0.4, 0.5) is 0 Å². The summed E-state index contributed by atoms with van der Waals surface area (Å²) in [5.41, 5.74) is 0.218. The molecule has 2 nitrogen and oxygen atoms in total. The van der Waals surface area contributed by atoms with Crippen LogP contribution in [0.2, 0.25) is 5.02 Å².